The Labute approximate surface area is 386 Å². The van der Waals surface area contributed by atoms with Crippen molar-refractivity contribution < 1.29 is 33.4 Å². The summed E-state index contributed by atoms with van der Waals surface area (Å²) in [7, 11) is 2.62. The van der Waals surface area contributed by atoms with Gasteiger partial charge in [0.2, 0.25) is 11.8 Å². The van der Waals surface area contributed by atoms with Gasteiger partial charge in [-0.05, 0) is 117 Å². The first-order valence-corrected chi connectivity index (χ1v) is 23.8. The lowest BCUT2D eigenvalue weighted by molar-refractivity contribution is -0.136. The molecule has 4 heterocycles. The standard InChI is InChI=1S/C51H62N8O7/c1-28(2)43(55-49(63)65-5)47(61)59-23-11-15-40(59)46-54-38-21-18-31(24-37(38)51(3,4)57-46)33-20-17-29(42-35(33)25-34-36(42)26-41(34)60)16-19-32-27-52-45(53-32)39-14-10-22-58(39)48(62)44(56-50(64)66-6)30-12-8-7-9-13-30/h17-18,20-21,24,27-28,30,34,36,39-40,43-44H,7-15,22-23,25-26H2,1-6H3,(H,52,53)(H,54,57)(H,55,63)(H,56,64)/t34?,36?,39-,40-,43-,44-/m0/s1. The van der Waals surface area contributed by atoms with Crippen LogP contribution in [0.25, 0.3) is 11.1 Å². The number of amidine groups is 1. The molecule has 1 aromatic heterocycles. The van der Waals surface area contributed by atoms with Gasteiger partial charge in [0, 0.05) is 48.2 Å². The third-order valence-corrected chi connectivity index (χ3v) is 15.0. The minimum Gasteiger partial charge on any atom is -0.453 e. The molecule has 0 radical (unpaired) electrons. The van der Waals surface area contributed by atoms with Crippen LogP contribution in [0.15, 0.2) is 41.5 Å². The van der Waals surface area contributed by atoms with Gasteiger partial charge in [-0.1, -0.05) is 51.2 Å². The molecule has 9 rings (SSSR count). The predicted molar refractivity (Wildman–Crippen MR) is 249 cm³/mol. The van der Waals surface area contributed by atoms with Crippen molar-refractivity contribution >= 4 is 41.3 Å². The second-order valence-electron chi connectivity index (χ2n) is 19.8. The van der Waals surface area contributed by atoms with E-state index < -0.39 is 29.8 Å². The number of Topliss-reactive ketones (excluding diaryl/α,β-unsaturated/α-hetero) is 1. The number of fused-ring (bicyclic) bond motifs is 4. The van der Waals surface area contributed by atoms with Crippen LogP contribution in [0, 0.1) is 29.6 Å². The first-order chi connectivity index (χ1) is 31.8. The van der Waals surface area contributed by atoms with Crippen molar-refractivity contribution in [3.63, 3.8) is 0 Å². The number of benzene rings is 2. The van der Waals surface area contributed by atoms with Crippen LogP contribution in [0.2, 0.25) is 0 Å². The van der Waals surface area contributed by atoms with Crippen molar-refractivity contribution in [2.75, 3.05) is 32.6 Å². The van der Waals surface area contributed by atoms with Crippen molar-refractivity contribution in [3.8, 4) is 23.0 Å². The number of alkyl carbamates (subject to hydrolysis) is 2. The summed E-state index contributed by atoms with van der Waals surface area (Å²) >= 11 is 0. The fourth-order valence-corrected chi connectivity index (χ4v) is 11.5. The molecule has 2 saturated carbocycles. The van der Waals surface area contributed by atoms with Crippen LogP contribution in [-0.4, -0.2) is 101 Å². The van der Waals surface area contributed by atoms with E-state index in [4.69, 9.17) is 19.5 Å². The Morgan fingerprint density at radius 1 is 0.833 bits per heavy atom. The number of aromatic amines is 1. The highest BCUT2D eigenvalue weighted by molar-refractivity contribution is 6.05. The van der Waals surface area contributed by atoms with Gasteiger partial charge >= 0.3 is 12.2 Å². The molecule has 4 amide bonds. The minimum atomic E-state index is -0.719. The number of carbonyl (C=O) groups is 5. The van der Waals surface area contributed by atoms with Crippen molar-refractivity contribution in [2.45, 2.75) is 134 Å². The van der Waals surface area contributed by atoms with Gasteiger partial charge in [0.1, 0.15) is 35.2 Å². The number of hydrogen-bond donors (Lipinski definition) is 4. The molecule has 0 spiro atoms. The van der Waals surface area contributed by atoms with Gasteiger partial charge in [0.25, 0.3) is 0 Å². The summed E-state index contributed by atoms with van der Waals surface area (Å²) in [6, 6.07) is 8.74. The molecule has 4 fully saturated rings. The molecule has 348 valence electrons. The van der Waals surface area contributed by atoms with E-state index in [0.29, 0.717) is 43.2 Å². The Bertz CT molecular complexity index is 2530. The zero-order valence-corrected chi connectivity index (χ0v) is 38.9. The van der Waals surface area contributed by atoms with Gasteiger partial charge in [-0.3, -0.25) is 19.4 Å². The van der Waals surface area contributed by atoms with E-state index in [1.54, 1.807) is 6.20 Å². The van der Waals surface area contributed by atoms with Gasteiger partial charge < -0.3 is 40.2 Å². The molecule has 66 heavy (non-hydrogen) atoms. The number of H-pyrrole nitrogens is 1. The molecule has 15 heteroatoms. The summed E-state index contributed by atoms with van der Waals surface area (Å²) < 4.78 is 9.74. The third kappa shape index (κ3) is 8.43. The molecule has 6 atom stereocenters. The number of nitrogens with zero attached hydrogens (tertiary/aromatic N) is 4. The smallest absolute Gasteiger partial charge is 0.407 e. The number of rotatable bonds is 9. The number of nitrogens with one attached hydrogen (secondary N) is 4. The van der Waals surface area contributed by atoms with Crippen LogP contribution >= 0.6 is 0 Å². The Kier molecular flexibility index (Phi) is 12.4. The van der Waals surface area contributed by atoms with Gasteiger partial charge in [-0.15, -0.1) is 0 Å². The quantitative estimate of drug-likeness (QED) is 0.163. The normalized spacial score (nSPS) is 23.8. The number of imidazole rings is 1. The number of methoxy groups -OCH3 is 2. The third-order valence-electron chi connectivity index (χ3n) is 15.0. The number of amides is 4. The summed E-state index contributed by atoms with van der Waals surface area (Å²) in [5, 5.41) is 9.19. The lowest BCUT2D eigenvalue weighted by Gasteiger charge is -2.37. The van der Waals surface area contributed by atoms with E-state index in [1.165, 1.54) is 14.2 Å². The number of aliphatic imine (C=N–C) groups is 1. The summed E-state index contributed by atoms with van der Waals surface area (Å²) in [5.41, 5.74) is 7.32. The van der Waals surface area contributed by atoms with Crippen LogP contribution < -0.4 is 16.0 Å². The Morgan fingerprint density at radius 3 is 2.26 bits per heavy atom. The van der Waals surface area contributed by atoms with Gasteiger partial charge in [0.05, 0.1) is 38.0 Å². The first-order valence-electron chi connectivity index (χ1n) is 23.8. The SMILES string of the molecule is COC(=O)N[C@H](C(=O)N1CCC[C@H]1C1=NC(C)(C)c2cc(-c3ccc(C#Cc4cnc([C@@H]5CCCN5C(=O)[C@@H](NC(=O)OC)C5CCCCC5)[nH]4)c4c3CC3C(=O)CC43)ccc2N1)C(C)C. The van der Waals surface area contributed by atoms with Crippen molar-refractivity contribution in [1.82, 2.24) is 30.4 Å². The van der Waals surface area contributed by atoms with Crippen LogP contribution in [-0.2, 0) is 35.8 Å². The fourth-order valence-electron chi connectivity index (χ4n) is 11.5. The summed E-state index contributed by atoms with van der Waals surface area (Å²) in [6.45, 7) is 9.16. The maximum absolute atomic E-state index is 14.1. The summed E-state index contributed by atoms with van der Waals surface area (Å²) in [5.74, 6) is 8.25. The monoisotopic (exact) mass is 898 g/mol. The molecule has 6 aliphatic rings. The van der Waals surface area contributed by atoms with Gasteiger partial charge in [-0.25, -0.2) is 14.6 Å². The number of carbonyl (C=O) groups excluding carboxylic acids is 5. The lowest BCUT2D eigenvalue weighted by atomic mass is 9.72. The van der Waals surface area contributed by atoms with Gasteiger partial charge in [0.15, 0.2) is 0 Å². The average molecular weight is 899 g/mol. The number of ketones is 1. The average Bonchev–Trinajstić information content (AvgIpc) is 4.15. The van der Waals surface area contributed by atoms with Crippen molar-refractivity contribution in [2.24, 2.45) is 22.7 Å². The summed E-state index contributed by atoms with van der Waals surface area (Å²) in [6.07, 6.45) is 9.86. The van der Waals surface area contributed by atoms with E-state index in [2.05, 4.69) is 77.0 Å². The van der Waals surface area contributed by atoms with Crippen molar-refractivity contribution in [1.29, 1.82) is 0 Å². The molecule has 3 aromatic rings. The zero-order chi connectivity index (χ0) is 46.4. The molecule has 2 saturated heterocycles. The van der Waals surface area contributed by atoms with E-state index in [0.717, 1.165) is 103 Å². The molecule has 3 aliphatic heterocycles. The minimum absolute atomic E-state index is 0.0458. The second-order valence-corrected chi connectivity index (χ2v) is 19.8. The number of aromatic nitrogens is 2. The molecular weight excluding hydrogens is 837 g/mol. The van der Waals surface area contributed by atoms with Crippen LogP contribution in [0.5, 0.6) is 0 Å². The molecule has 4 N–H and O–H groups in total. The summed E-state index contributed by atoms with van der Waals surface area (Å²) in [4.78, 5) is 82.5. The van der Waals surface area contributed by atoms with Crippen molar-refractivity contribution in [3.05, 3.63) is 70.3 Å². The number of likely N-dealkylation sites (tertiary alicyclic amines) is 2. The molecular formula is C51H62N8O7. The maximum atomic E-state index is 14.1. The molecule has 15 nitrogen and oxygen atoms in total. The van der Waals surface area contributed by atoms with E-state index in [-0.39, 0.29) is 47.6 Å². The largest absolute Gasteiger partial charge is 0.453 e. The molecule has 2 unspecified atom stereocenters. The second kappa shape index (κ2) is 18.2. The highest BCUT2D eigenvalue weighted by Gasteiger charge is 2.48. The fraction of sp³-hybridized carbons (Fsp3) is 0.549. The topological polar surface area (TPSA) is 187 Å². The number of ether oxygens (including phenoxy) is 2. The maximum Gasteiger partial charge on any atom is 0.407 e. The number of anilines is 1. The first kappa shape index (κ1) is 45.0. The highest BCUT2D eigenvalue weighted by Crippen LogP contribution is 2.53. The molecule has 3 aliphatic carbocycles. The predicted octanol–water partition coefficient (Wildman–Crippen LogP) is 7.10. The van der Waals surface area contributed by atoms with Crippen LogP contribution in [0.1, 0.15) is 138 Å². The van der Waals surface area contributed by atoms with Crippen LogP contribution in [0.3, 0.4) is 0 Å². The molecule has 2 aromatic carbocycles. The van der Waals surface area contributed by atoms with E-state index in [1.807, 2.05) is 23.6 Å². The Hall–Kier alpha value is -6.17. The highest BCUT2D eigenvalue weighted by atomic mass is 16.5. The molecule has 0 bridgehead atoms. The number of hydrogen-bond acceptors (Lipinski definition) is 10. The van der Waals surface area contributed by atoms with Crippen LogP contribution in [0.4, 0.5) is 15.3 Å². The van der Waals surface area contributed by atoms with Gasteiger partial charge in [-0.2, -0.15) is 0 Å². The Morgan fingerprint density at radius 2 is 1.55 bits per heavy atom. The zero-order valence-electron chi connectivity index (χ0n) is 38.9. The Balaban J connectivity index is 0.952. The lowest BCUT2D eigenvalue weighted by Crippen LogP contribution is -2.55. The van der Waals surface area contributed by atoms with E-state index in [9.17, 15) is 24.0 Å². The van der Waals surface area contributed by atoms with E-state index >= 15 is 0 Å².